The second-order valence-electron chi connectivity index (χ2n) is 4.88. The number of benzene rings is 2. The zero-order valence-electron chi connectivity index (χ0n) is 11.2. The Morgan fingerprint density at radius 1 is 1.00 bits per heavy atom. The Hall–Kier alpha value is -1.05. The van der Waals surface area contributed by atoms with Crippen molar-refractivity contribution in [3.63, 3.8) is 0 Å². The van der Waals surface area contributed by atoms with Gasteiger partial charge in [0, 0.05) is 16.0 Å². The smallest absolute Gasteiger partial charge is 0.127 e. The highest BCUT2D eigenvalue weighted by Crippen LogP contribution is 2.23. The van der Waals surface area contributed by atoms with Crippen LogP contribution < -0.4 is 0 Å². The molecule has 2 aromatic rings. The van der Waals surface area contributed by atoms with Gasteiger partial charge >= 0.3 is 0 Å². The number of halogens is 3. The molecule has 2 rings (SSSR count). The maximum Gasteiger partial charge on any atom is 0.127 e. The molecular formula is C17H17Cl2F. The summed E-state index contributed by atoms with van der Waals surface area (Å²) < 4.78 is 13.7. The predicted molar refractivity (Wildman–Crippen MR) is 84.1 cm³/mol. The Balaban J connectivity index is 1.82. The van der Waals surface area contributed by atoms with E-state index in [4.69, 9.17) is 23.2 Å². The first-order valence-corrected chi connectivity index (χ1v) is 7.59. The molecule has 0 N–H and O–H groups in total. The lowest BCUT2D eigenvalue weighted by Crippen LogP contribution is -2.06. The third-order valence-electron chi connectivity index (χ3n) is 3.31. The van der Waals surface area contributed by atoms with Crippen LogP contribution >= 0.6 is 23.2 Å². The Labute approximate surface area is 129 Å². The third kappa shape index (κ3) is 4.50. The van der Waals surface area contributed by atoms with Crippen molar-refractivity contribution >= 4 is 23.2 Å². The molecule has 0 aliphatic carbocycles. The molecule has 0 heterocycles. The molecular weight excluding hydrogens is 294 g/mol. The fourth-order valence-electron chi connectivity index (χ4n) is 2.22. The molecule has 0 bridgehead atoms. The fourth-order valence-corrected chi connectivity index (χ4v) is 2.77. The minimum atomic E-state index is -0.272. The molecule has 0 saturated heterocycles. The maximum absolute atomic E-state index is 13.7. The number of hydrogen-bond acceptors (Lipinski definition) is 0. The maximum atomic E-state index is 13.7. The summed E-state index contributed by atoms with van der Waals surface area (Å²) in [6.45, 7) is 0. The highest BCUT2D eigenvalue weighted by Gasteiger charge is 2.12. The van der Waals surface area contributed by atoms with Crippen molar-refractivity contribution in [1.82, 2.24) is 0 Å². The number of hydrogen-bond donors (Lipinski definition) is 0. The van der Waals surface area contributed by atoms with Crippen LogP contribution in [0.2, 0.25) is 5.02 Å². The molecule has 0 aliphatic rings. The van der Waals surface area contributed by atoms with Gasteiger partial charge in [0.25, 0.3) is 0 Å². The number of aryl methyl sites for hydroxylation is 1. The van der Waals surface area contributed by atoms with Crippen LogP contribution in [0.3, 0.4) is 0 Å². The fraction of sp³-hybridized carbons (Fsp3) is 0.294. The van der Waals surface area contributed by atoms with Crippen molar-refractivity contribution in [3.8, 4) is 0 Å². The molecule has 0 nitrogen and oxygen atoms in total. The van der Waals surface area contributed by atoms with E-state index in [1.807, 2.05) is 18.2 Å². The van der Waals surface area contributed by atoms with Crippen LogP contribution in [-0.2, 0) is 12.8 Å². The minimum absolute atomic E-state index is 0.0897. The molecule has 0 fully saturated rings. The average Bonchev–Trinajstić information content (AvgIpc) is 2.44. The van der Waals surface area contributed by atoms with E-state index in [1.54, 1.807) is 12.1 Å². The molecule has 0 saturated carbocycles. The van der Waals surface area contributed by atoms with Crippen LogP contribution in [0.5, 0.6) is 0 Å². The highest BCUT2D eigenvalue weighted by atomic mass is 35.5. The summed E-state index contributed by atoms with van der Waals surface area (Å²) >= 11 is 12.3. The van der Waals surface area contributed by atoms with Gasteiger partial charge in [-0.15, -0.1) is 11.6 Å². The van der Waals surface area contributed by atoms with Gasteiger partial charge in [-0.2, -0.15) is 0 Å². The van der Waals surface area contributed by atoms with Gasteiger partial charge in [-0.3, -0.25) is 0 Å². The molecule has 0 spiro atoms. The molecule has 3 heteroatoms. The number of alkyl halides is 1. The number of rotatable bonds is 6. The monoisotopic (exact) mass is 310 g/mol. The summed E-state index contributed by atoms with van der Waals surface area (Å²) in [4.78, 5) is 0. The Bertz CT molecular complexity index is 520. The van der Waals surface area contributed by atoms with Crippen molar-refractivity contribution in [2.24, 2.45) is 0 Å². The Morgan fingerprint density at radius 2 is 1.75 bits per heavy atom. The highest BCUT2D eigenvalue weighted by molar-refractivity contribution is 6.31. The van der Waals surface area contributed by atoms with E-state index in [0.29, 0.717) is 17.0 Å². The van der Waals surface area contributed by atoms with Gasteiger partial charge in [0.15, 0.2) is 0 Å². The van der Waals surface area contributed by atoms with Crippen molar-refractivity contribution in [3.05, 3.63) is 70.5 Å². The van der Waals surface area contributed by atoms with Crippen LogP contribution in [0.1, 0.15) is 24.0 Å². The summed E-state index contributed by atoms with van der Waals surface area (Å²) in [7, 11) is 0. The second kappa shape index (κ2) is 7.66. The molecule has 2 aromatic carbocycles. The Morgan fingerprint density at radius 3 is 2.45 bits per heavy atom. The zero-order chi connectivity index (χ0) is 14.4. The first-order chi connectivity index (χ1) is 9.66. The van der Waals surface area contributed by atoms with Gasteiger partial charge in [-0.25, -0.2) is 4.39 Å². The molecule has 1 atom stereocenters. The summed E-state index contributed by atoms with van der Waals surface area (Å²) in [5, 5.41) is 0.367. The first-order valence-electron chi connectivity index (χ1n) is 6.77. The molecule has 1 unspecified atom stereocenters. The van der Waals surface area contributed by atoms with Crippen LogP contribution in [-0.4, -0.2) is 5.38 Å². The van der Waals surface area contributed by atoms with E-state index in [-0.39, 0.29) is 11.2 Å². The van der Waals surface area contributed by atoms with Gasteiger partial charge < -0.3 is 0 Å². The van der Waals surface area contributed by atoms with Gasteiger partial charge in [-0.1, -0.05) is 48.0 Å². The lowest BCUT2D eigenvalue weighted by molar-refractivity contribution is 0.597. The normalized spacial score (nSPS) is 12.3. The largest absolute Gasteiger partial charge is 0.207 e. The van der Waals surface area contributed by atoms with Crippen LogP contribution in [0.25, 0.3) is 0 Å². The molecule has 0 aliphatic heterocycles. The van der Waals surface area contributed by atoms with Crippen LogP contribution in [0.15, 0.2) is 48.5 Å². The quantitative estimate of drug-likeness (QED) is 0.605. The summed E-state index contributed by atoms with van der Waals surface area (Å²) in [5.41, 5.74) is 1.83. The lowest BCUT2D eigenvalue weighted by Gasteiger charge is -2.11. The summed E-state index contributed by atoms with van der Waals surface area (Å²) in [5.74, 6) is -0.272. The van der Waals surface area contributed by atoms with E-state index in [1.165, 1.54) is 11.6 Å². The summed E-state index contributed by atoms with van der Waals surface area (Å²) in [6, 6.07) is 15.0. The zero-order valence-corrected chi connectivity index (χ0v) is 12.7. The van der Waals surface area contributed by atoms with Crippen molar-refractivity contribution in [2.75, 3.05) is 0 Å². The van der Waals surface area contributed by atoms with E-state index in [0.717, 1.165) is 19.3 Å². The van der Waals surface area contributed by atoms with Crippen molar-refractivity contribution in [2.45, 2.75) is 31.1 Å². The van der Waals surface area contributed by atoms with Crippen molar-refractivity contribution in [1.29, 1.82) is 0 Å². The molecule has 106 valence electrons. The third-order valence-corrected chi connectivity index (χ3v) is 4.04. The van der Waals surface area contributed by atoms with E-state index in [2.05, 4.69) is 12.1 Å². The molecule has 0 radical (unpaired) electrons. The molecule has 20 heavy (non-hydrogen) atoms. The van der Waals surface area contributed by atoms with Gasteiger partial charge in [0.05, 0.1) is 0 Å². The SMILES string of the molecule is Fc1cccc(Cl)c1CC(Cl)CCCc1ccccc1. The second-order valence-corrected chi connectivity index (χ2v) is 5.90. The van der Waals surface area contributed by atoms with Gasteiger partial charge in [0.2, 0.25) is 0 Å². The topological polar surface area (TPSA) is 0 Å². The standard InChI is InChI=1S/C17H17Cl2F/c18-14(9-4-8-13-6-2-1-3-7-13)12-15-16(19)10-5-11-17(15)20/h1-3,5-7,10-11,14H,4,8-9,12H2. The van der Waals surface area contributed by atoms with E-state index in [9.17, 15) is 4.39 Å². The predicted octanol–water partition coefficient (Wildman–Crippen LogP) is 5.65. The first kappa shape index (κ1) is 15.3. The minimum Gasteiger partial charge on any atom is -0.207 e. The van der Waals surface area contributed by atoms with E-state index >= 15 is 0 Å². The van der Waals surface area contributed by atoms with Crippen LogP contribution in [0, 0.1) is 5.82 Å². The Kier molecular flexibility index (Phi) is 5.87. The van der Waals surface area contributed by atoms with E-state index < -0.39 is 0 Å². The molecule has 0 amide bonds. The molecule has 0 aromatic heterocycles. The van der Waals surface area contributed by atoms with Crippen LogP contribution in [0.4, 0.5) is 4.39 Å². The average molecular weight is 311 g/mol. The summed E-state index contributed by atoms with van der Waals surface area (Å²) in [6.07, 6.45) is 3.31. The lowest BCUT2D eigenvalue weighted by atomic mass is 10.0. The van der Waals surface area contributed by atoms with Gasteiger partial charge in [-0.05, 0) is 43.4 Å². The van der Waals surface area contributed by atoms with Crippen molar-refractivity contribution < 1.29 is 4.39 Å². The van der Waals surface area contributed by atoms with Gasteiger partial charge in [0.1, 0.15) is 5.82 Å².